The van der Waals surface area contributed by atoms with Gasteiger partial charge in [0.2, 0.25) is 0 Å². The molecule has 6 heteroatoms. The molecule has 3 aromatic rings. The second-order valence-electron chi connectivity index (χ2n) is 8.17. The minimum Gasteiger partial charge on any atom is -0.353 e. The molecule has 1 aliphatic heterocycles. The predicted molar refractivity (Wildman–Crippen MR) is 112 cm³/mol. The number of aryl methyl sites for hydroxylation is 1. The standard InChI is InChI=1S/C22H26N6/c1-14-9-20(28-8-7-25-22(13-28)5-6-22)27-21(15(14)2)18-4-3-16-12-24-17(11-23)10-19(16)26-18/h3-4,9-10,12,25H,5-8,11,13,23H2,1-2H3. The molecule has 144 valence electrons. The fourth-order valence-electron chi connectivity index (χ4n) is 4.07. The summed E-state index contributed by atoms with van der Waals surface area (Å²) in [6.07, 6.45) is 4.38. The maximum absolute atomic E-state index is 5.75. The summed E-state index contributed by atoms with van der Waals surface area (Å²) in [5, 5.41) is 4.69. The van der Waals surface area contributed by atoms with E-state index in [0.717, 1.165) is 53.4 Å². The van der Waals surface area contributed by atoms with Gasteiger partial charge in [-0.25, -0.2) is 9.97 Å². The van der Waals surface area contributed by atoms with Crippen LogP contribution in [0.4, 0.5) is 5.82 Å². The lowest BCUT2D eigenvalue weighted by Gasteiger charge is -2.35. The number of anilines is 1. The Morgan fingerprint density at radius 2 is 2.04 bits per heavy atom. The number of hydrogen-bond donors (Lipinski definition) is 2. The number of nitrogens with one attached hydrogen (secondary N) is 1. The lowest BCUT2D eigenvalue weighted by molar-refractivity contribution is 0.440. The monoisotopic (exact) mass is 374 g/mol. The van der Waals surface area contributed by atoms with Crippen LogP contribution in [0.5, 0.6) is 0 Å². The van der Waals surface area contributed by atoms with Crippen LogP contribution in [0.3, 0.4) is 0 Å². The topological polar surface area (TPSA) is 80.0 Å². The van der Waals surface area contributed by atoms with Crippen LogP contribution >= 0.6 is 0 Å². The van der Waals surface area contributed by atoms with Gasteiger partial charge in [0.05, 0.1) is 22.6 Å². The molecule has 1 spiro atoms. The molecule has 6 nitrogen and oxygen atoms in total. The van der Waals surface area contributed by atoms with Crippen molar-refractivity contribution in [2.45, 2.75) is 38.8 Å². The van der Waals surface area contributed by atoms with E-state index in [1.54, 1.807) is 0 Å². The summed E-state index contributed by atoms with van der Waals surface area (Å²) >= 11 is 0. The van der Waals surface area contributed by atoms with E-state index in [4.69, 9.17) is 15.7 Å². The largest absolute Gasteiger partial charge is 0.353 e. The summed E-state index contributed by atoms with van der Waals surface area (Å²) in [7, 11) is 0. The maximum atomic E-state index is 5.75. The third-order valence-corrected chi connectivity index (χ3v) is 6.15. The zero-order valence-corrected chi connectivity index (χ0v) is 16.5. The number of nitrogens with zero attached hydrogens (tertiary/aromatic N) is 4. The molecular weight excluding hydrogens is 348 g/mol. The maximum Gasteiger partial charge on any atom is 0.129 e. The van der Waals surface area contributed by atoms with E-state index in [9.17, 15) is 0 Å². The number of piperazine rings is 1. The van der Waals surface area contributed by atoms with E-state index in [2.05, 4.69) is 41.2 Å². The van der Waals surface area contributed by atoms with E-state index in [1.165, 1.54) is 24.0 Å². The van der Waals surface area contributed by atoms with Crippen molar-refractivity contribution in [3.63, 3.8) is 0 Å². The molecule has 4 heterocycles. The highest BCUT2D eigenvalue weighted by Crippen LogP contribution is 2.39. The van der Waals surface area contributed by atoms with Crippen molar-refractivity contribution in [3.8, 4) is 11.4 Å². The predicted octanol–water partition coefficient (Wildman–Crippen LogP) is 2.71. The Kier molecular flexibility index (Phi) is 4.07. The number of nitrogens with two attached hydrogens (primary N) is 1. The molecule has 1 aliphatic carbocycles. The molecule has 2 aliphatic rings. The van der Waals surface area contributed by atoms with Gasteiger partial charge in [-0.2, -0.15) is 0 Å². The molecular formula is C22H26N6. The SMILES string of the molecule is Cc1cc(N2CCNC3(CC3)C2)nc(-c2ccc3cnc(CN)cc3n2)c1C. The van der Waals surface area contributed by atoms with E-state index < -0.39 is 0 Å². The first kappa shape index (κ1) is 17.5. The van der Waals surface area contributed by atoms with E-state index in [1.807, 2.05) is 18.3 Å². The molecule has 3 aromatic heterocycles. The van der Waals surface area contributed by atoms with Crippen molar-refractivity contribution < 1.29 is 0 Å². The Morgan fingerprint density at radius 1 is 1.18 bits per heavy atom. The summed E-state index contributed by atoms with van der Waals surface area (Å²) < 4.78 is 0. The number of pyridine rings is 3. The molecule has 1 saturated carbocycles. The molecule has 2 fully saturated rings. The lowest BCUT2D eigenvalue weighted by Crippen LogP contribution is -2.52. The molecule has 0 amide bonds. The van der Waals surface area contributed by atoms with Gasteiger partial charge in [-0.15, -0.1) is 0 Å². The molecule has 0 bridgehead atoms. The zero-order valence-electron chi connectivity index (χ0n) is 16.5. The van der Waals surface area contributed by atoms with Crippen LogP contribution in [0.15, 0.2) is 30.5 Å². The van der Waals surface area contributed by atoms with Crippen LogP contribution in [0, 0.1) is 13.8 Å². The third-order valence-electron chi connectivity index (χ3n) is 6.15. The average molecular weight is 374 g/mol. The van der Waals surface area contributed by atoms with Gasteiger partial charge in [-0.3, -0.25) is 4.98 Å². The lowest BCUT2D eigenvalue weighted by atomic mass is 10.0. The van der Waals surface area contributed by atoms with Crippen molar-refractivity contribution in [1.82, 2.24) is 20.3 Å². The number of aromatic nitrogens is 3. The Morgan fingerprint density at radius 3 is 2.82 bits per heavy atom. The van der Waals surface area contributed by atoms with Crippen molar-refractivity contribution in [3.05, 3.63) is 47.3 Å². The highest BCUT2D eigenvalue weighted by molar-refractivity contribution is 5.81. The first-order valence-corrected chi connectivity index (χ1v) is 10.0. The van der Waals surface area contributed by atoms with Crippen molar-refractivity contribution in [2.75, 3.05) is 24.5 Å². The van der Waals surface area contributed by atoms with Gasteiger partial charge in [0.1, 0.15) is 5.82 Å². The Hall–Kier alpha value is -2.57. The third kappa shape index (κ3) is 3.02. The molecule has 28 heavy (non-hydrogen) atoms. The van der Waals surface area contributed by atoms with Crippen molar-refractivity contribution in [1.29, 1.82) is 0 Å². The summed E-state index contributed by atoms with van der Waals surface area (Å²) in [6, 6.07) is 8.30. The van der Waals surface area contributed by atoms with Gasteiger partial charge in [-0.05, 0) is 62.1 Å². The smallest absolute Gasteiger partial charge is 0.129 e. The number of rotatable bonds is 3. The van der Waals surface area contributed by atoms with Gasteiger partial charge in [-0.1, -0.05) is 0 Å². The molecule has 3 N–H and O–H groups in total. The van der Waals surface area contributed by atoms with Gasteiger partial charge in [0.25, 0.3) is 0 Å². The summed E-state index contributed by atoms with van der Waals surface area (Å²) in [5.74, 6) is 1.06. The average Bonchev–Trinajstić information content (AvgIpc) is 3.47. The molecule has 0 aromatic carbocycles. The minimum atomic E-state index is 0.325. The van der Waals surface area contributed by atoms with Gasteiger partial charge in [0.15, 0.2) is 0 Å². The fraction of sp³-hybridized carbons (Fsp3) is 0.409. The fourth-order valence-corrected chi connectivity index (χ4v) is 4.07. The second-order valence-corrected chi connectivity index (χ2v) is 8.17. The van der Waals surface area contributed by atoms with Crippen LogP contribution < -0.4 is 16.0 Å². The highest BCUT2D eigenvalue weighted by atomic mass is 15.3. The van der Waals surface area contributed by atoms with Crippen LogP contribution in [-0.2, 0) is 6.54 Å². The minimum absolute atomic E-state index is 0.325. The van der Waals surface area contributed by atoms with Gasteiger partial charge < -0.3 is 16.0 Å². The second kappa shape index (κ2) is 6.50. The first-order valence-electron chi connectivity index (χ1n) is 10.0. The molecule has 0 radical (unpaired) electrons. The zero-order chi connectivity index (χ0) is 19.3. The summed E-state index contributed by atoms with van der Waals surface area (Å²) in [4.78, 5) is 16.7. The summed E-state index contributed by atoms with van der Waals surface area (Å²) in [6.45, 7) is 7.76. The Bertz CT molecular complexity index is 1060. The molecule has 1 saturated heterocycles. The Labute approximate surface area is 165 Å². The first-order chi connectivity index (χ1) is 13.6. The molecule has 0 unspecified atom stereocenters. The van der Waals surface area contributed by atoms with Gasteiger partial charge in [0, 0.05) is 43.3 Å². The van der Waals surface area contributed by atoms with Crippen LogP contribution in [0.1, 0.15) is 29.7 Å². The quantitative estimate of drug-likeness (QED) is 0.734. The van der Waals surface area contributed by atoms with Gasteiger partial charge >= 0.3 is 0 Å². The molecule has 0 atom stereocenters. The van der Waals surface area contributed by atoms with E-state index >= 15 is 0 Å². The highest BCUT2D eigenvalue weighted by Gasteiger charge is 2.45. The number of hydrogen-bond acceptors (Lipinski definition) is 6. The van der Waals surface area contributed by atoms with E-state index in [0.29, 0.717) is 12.1 Å². The van der Waals surface area contributed by atoms with Crippen molar-refractivity contribution in [2.24, 2.45) is 5.73 Å². The van der Waals surface area contributed by atoms with E-state index in [-0.39, 0.29) is 0 Å². The van der Waals surface area contributed by atoms with Crippen LogP contribution in [0.2, 0.25) is 0 Å². The molecule has 5 rings (SSSR count). The number of fused-ring (bicyclic) bond motifs is 1. The van der Waals surface area contributed by atoms with Crippen molar-refractivity contribution >= 4 is 16.7 Å². The normalized spacial score (nSPS) is 18.0. The van der Waals surface area contributed by atoms with Crippen LogP contribution in [0.25, 0.3) is 22.3 Å². The summed E-state index contributed by atoms with van der Waals surface area (Å²) in [5.41, 5.74) is 12.1. The van der Waals surface area contributed by atoms with Crippen LogP contribution in [-0.4, -0.2) is 40.1 Å². The Balaban J connectivity index is 1.57.